The van der Waals surface area contributed by atoms with Crippen molar-refractivity contribution in [1.82, 2.24) is 9.55 Å². The lowest BCUT2D eigenvalue weighted by molar-refractivity contribution is -0.161. The van der Waals surface area contributed by atoms with Gasteiger partial charge in [-0.1, -0.05) is 147 Å². The smallest absolute Gasteiger partial charge is 0.462 e. The topological polar surface area (TPSA) is 278 Å². The van der Waals surface area contributed by atoms with Gasteiger partial charge in [-0.25, -0.2) is 13.9 Å². The molecule has 2 aliphatic heterocycles. The largest absolute Gasteiger partial charge is 0.481 e. The van der Waals surface area contributed by atoms with E-state index in [1.165, 1.54) is 76.7 Å². The summed E-state index contributed by atoms with van der Waals surface area (Å²) in [5.74, 6) is -0.602. The predicted octanol–water partition coefficient (Wildman–Crippen LogP) is 9.62. The summed E-state index contributed by atoms with van der Waals surface area (Å²) in [7, 11) is -10.9. The predicted molar refractivity (Wildman–Crippen MR) is 270 cm³/mol. The van der Waals surface area contributed by atoms with Gasteiger partial charge in [0.05, 0.1) is 25.4 Å². The van der Waals surface area contributed by atoms with Gasteiger partial charge in [0.2, 0.25) is 0 Å². The molecule has 406 valence electrons. The number of ether oxygens (including phenoxy) is 4. The van der Waals surface area contributed by atoms with Gasteiger partial charge in [-0.05, 0) is 63.4 Å². The van der Waals surface area contributed by atoms with Crippen LogP contribution in [0.5, 0.6) is 0 Å². The Hall–Kier alpha value is -3.06. The van der Waals surface area contributed by atoms with Crippen LogP contribution in [0.25, 0.3) is 0 Å². The number of nitrogen functional groups attached to an aromatic ring is 1. The summed E-state index contributed by atoms with van der Waals surface area (Å²) in [4.78, 5) is 62.1. The number of phosphoric acid groups is 2. The quantitative estimate of drug-likeness (QED) is 0.0134. The fourth-order valence-corrected chi connectivity index (χ4v) is 10.0. The Morgan fingerprint density at radius 2 is 1.35 bits per heavy atom. The molecular weight excluding hydrogens is 961 g/mol. The number of nitrogens with two attached hydrogens (primary N) is 1. The molecule has 1 aromatic heterocycles. The Morgan fingerprint density at radius 3 is 2.00 bits per heavy atom. The van der Waals surface area contributed by atoms with Crippen LogP contribution in [0.3, 0.4) is 0 Å². The van der Waals surface area contributed by atoms with E-state index in [2.05, 4.69) is 66.5 Å². The van der Waals surface area contributed by atoms with Gasteiger partial charge in [-0.2, -0.15) is 9.29 Å². The molecule has 9 atom stereocenters. The summed E-state index contributed by atoms with van der Waals surface area (Å²) in [6.45, 7) is 4.36. The molecule has 1 aromatic rings. The van der Waals surface area contributed by atoms with Crippen LogP contribution in [0.15, 0.2) is 53.5 Å². The lowest BCUT2D eigenvalue weighted by Crippen LogP contribution is -2.36. The third kappa shape index (κ3) is 28.3. The zero-order chi connectivity index (χ0) is 51.9. The number of allylic oxidation sites excluding steroid dienone is 5. The minimum absolute atomic E-state index is 0.0321. The SMILES string of the molecule is CCCCC/C=C\C/C=C\C/C=C\CC1OC1CCCC(=O)OC[C@H](COP(=O)(O)OP(=O)(O)OC[C@H]1O[C@@H](n2ccc(N)nc2=O)[C@H](O)[C@@H]1O)OC(=O)CCCCCCCCCCCCCCC(C)C. The minimum atomic E-state index is -5.44. The first-order valence-electron chi connectivity index (χ1n) is 26.0. The van der Waals surface area contributed by atoms with Crippen molar-refractivity contribution in [1.29, 1.82) is 0 Å². The Bertz CT molecular complexity index is 1910. The molecule has 2 aliphatic rings. The molecule has 3 heterocycles. The number of phosphoric ester groups is 2. The summed E-state index contributed by atoms with van der Waals surface area (Å²) in [5.41, 5.74) is 4.59. The van der Waals surface area contributed by atoms with Gasteiger partial charge in [-0.15, -0.1) is 0 Å². The van der Waals surface area contributed by atoms with Crippen molar-refractivity contribution in [2.45, 2.75) is 218 Å². The average molecular weight is 1050 g/mol. The summed E-state index contributed by atoms with van der Waals surface area (Å²) in [6.07, 6.45) is 29.6. The van der Waals surface area contributed by atoms with E-state index in [0.717, 1.165) is 68.0 Å². The molecule has 0 aromatic carbocycles. The van der Waals surface area contributed by atoms with Crippen molar-refractivity contribution in [3.63, 3.8) is 0 Å². The second-order valence-corrected chi connectivity index (χ2v) is 21.9. The van der Waals surface area contributed by atoms with E-state index in [1.807, 2.05) is 0 Å². The molecule has 4 unspecified atom stereocenters. The number of aliphatic hydroxyl groups is 2. The maximum Gasteiger partial charge on any atom is 0.481 e. The maximum absolute atomic E-state index is 12.9. The van der Waals surface area contributed by atoms with Gasteiger partial charge >= 0.3 is 33.3 Å². The Labute approximate surface area is 421 Å². The van der Waals surface area contributed by atoms with Crippen molar-refractivity contribution in [2.24, 2.45) is 5.92 Å². The van der Waals surface area contributed by atoms with Crippen LogP contribution in [0.1, 0.15) is 181 Å². The van der Waals surface area contributed by atoms with Gasteiger partial charge in [0.1, 0.15) is 30.7 Å². The second kappa shape index (κ2) is 35.2. The number of hydrogen-bond donors (Lipinski definition) is 5. The molecule has 2 saturated heterocycles. The van der Waals surface area contributed by atoms with E-state index in [0.29, 0.717) is 19.3 Å². The lowest BCUT2D eigenvalue weighted by atomic mass is 10.0. The second-order valence-electron chi connectivity index (χ2n) is 18.9. The molecule has 71 heavy (non-hydrogen) atoms. The first-order valence-corrected chi connectivity index (χ1v) is 29.0. The molecule has 0 bridgehead atoms. The van der Waals surface area contributed by atoms with Gasteiger partial charge < -0.3 is 44.7 Å². The summed E-state index contributed by atoms with van der Waals surface area (Å²) >= 11 is 0. The van der Waals surface area contributed by atoms with Crippen LogP contribution in [-0.2, 0) is 51.0 Å². The zero-order valence-electron chi connectivity index (χ0n) is 42.4. The number of hydrogen-bond acceptors (Lipinski definition) is 16. The van der Waals surface area contributed by atoms with Gasteiger partial charge in [0, 0.05) is 19.0 Å². The van der Waals surface area contributed by atoms with E-state index in [9.17, 15) is 43.5 Å². The molecular formula is C50H85N3O16P2. The fraction of sp³-hybridized carbons (Fsp3) is 0.760. The molecule has 0 amide bonds. The number of epoxide rings is 1. The third-order valence-electron chi connectivity index (χ3n) is 12.1. The van der Waals surface area contributed by atoms with Gasteiger partial charge in [0.25, 0.3) is 0 Å². The van der Waals surface area contributed by atoms with Crippen LogP contribution < -0.4 is 11.4 Å². The minimum Gasteiger partial charge on any atom is -0.462 e. The van der Waals surface area contributed by atoms with Crippen molar-refractivity contribution in [3.05, 3.63) is 59.2 Å². The van der Waals surface area contributed by atoms with E-state index >= 15 is 0 Å². The summed E-state index contributed by atoms with van der Waals surface area (Å²) in [6, 6.07) is 1.25. The van der Waals surface area contributed by atoms with Crippen LogP contribution in [0.4, 0.5) is 5.82 Å². The molecule has 21 heteroatoms. The highest BCUT2D eigenvalue weighted by molar-refractivity contribution is 7.61. The van der Waals surface area contributed by atoms with E-state index < -0.39 is 83.7 Å². The van der Waals surface area contributed by atoms with Crippen LogP contribution in [0.2, 0.25) is 0 Å². The zero-order valence-corrected chi connectivity index (χ0v) is 44.2. The number of aliphatic hydroxyl groups excluding tert-OH is 2. The fourth-order valence-electron chi connectivity index (χ4n) is 7.94. The molecule has 0 spiro atoms. The van der Waals surface area contributed by atoms with E-state index in [-0.39, 0.29) is 30.9 Å². The van der Waals surface area contributed by atoms with Crippen molar-refractivity contribution < 1.29 is 71.0 Å². The Balaban J connectivity index is 1.41. The molecule has 3 rings (SSSR count). The lowest BCUT2D eigenvalue weighted by Gasteiger charge is -2.21. The normalized spacial score (nSPS) is 22.4. The van der Waals surface area contributed by atoms with Crippen molar-refractivity contribution in [2.75, 3.05) is 25.6 Å². The van der Waals surface area contributed by atoms with Crippen LogP contribution >= 0.6 is 15.6 Å². The molecule has 6 N–H and O–H groups in total. The number of anilines is 1. The van der Waals surface area contributed by atoms with Gasteiger partial charge in [-0.3, -0.25) is 23.2 Å². The first-order chi connectivity index (χ1) is 34.0. The number of aromatic nitrogens is 2. The Kier molecular flexibility index (Phi) is 30.9. The number of esters is 2. The number of unbranched alkanes of at least 4 members (excludes halogenated alkanes) is 14. The van der Waals surface area contributed by atoms with Crippen LogP contribution in [0, 0.1) is 5.92 Å². The number of carbonyl (C=O) groups excluding carboxylic acids is 2. The average Bonchev–Trinajstić information content (AvgIpc) is 4.00. The Morgan fingerprint density at radius 1 is 0.746 bits per heavy atom. The highest BCUT2D eigenvalue weighted by atomic mass is 31.3. The monoisotopic (exact) mass is 1050 g/mol. The number of rotatable bonds is 41. The third-order valence-corrected chi connectivity index (χ3v) is 14.7. The van der Waals surface area contributed by atoms with E-state index in [4.69, 9.17) is 33.7 Å². The first kappa shape index (κ1) is 62.2. The number of carbonyl (C=O) groups is 2. The van der Waals surface area contributed by atoms with Gasteiger partial charge in [0.15, 0.2) is 12.3 Å². The maximum atomic E-state index is 12.9. The highest BCUT2D eigenvalue weighted by Crippen LogP contribution is 2.60. The molecule has 0 aliphatic carbocycles. The van der Waals surface area contributed by atoms with Crippen molar-refractivity contribution in [3.8, 4) is 0 Å². The molecule has 19 nitrogen and oxygen atoms in total. The molecule has 0 saturated carbocycles. The summed E-state index contributed by atoms with van der Waals surface area (Å²) in [5, 5.41) is 20.9. The van der Waals surface area contributed by atoms with Crippen LogP contribution in [-0.4, -0.2) is 97.9 Å². The standard InChI is InChI=1S/C50H85N3O16P2/c1-4-5-6-7-8-9-10-14-17-20-23-26-30-41-42(67-41)31-28-33-45(54)63-36-40(66-46(55)32-27-24-21-18-15-12-11-13-16-19-22-25-29-39(2)3)37-64-70(59,60)69-71(61,62)65-38-43-47(56)48(57)49(68-43)53-35-34-44(51)52-50(53)58/h8-9,14,17,23,26,34-35,39-43,47-49,56-57H,4-7,10-13,15-16,18-22,24-25,27-33,36-38H2,1-3H3,(H,59,60)(H,61,62)(H2,51,52,58)/b9-8-,17-14-,26-23-/t40-,41?,42?,43-,47-,48-,49-/m1/s1. The number of nitrogens with zero attached hydrogens (tertiary/aromatic N) is 2. The van der Waals surface area contributed by atoms with Crippen molar-refractivity contribution >= 4 is 33.4 Å². The highest BCUT2D eigenvalue weighted by Gasteiger charge is 2.46. The summed E-state index contributed by atoms with van der Waals surface area (Å²) < 4.78 is 62.6. The molecule has 2 fully saturated rings. The molecule has 0 radical (unpaired) electrons. The van der Waals surface area contributed by atoms with E-state index in [1.54, 1.807) is 0 Å².